The van der Waals surface area contributed by atoms with E-state index in [1.165, 1.54) is 23.0 Å². The molecule has 1 saturated heterocycles. The first-order valence-corrected chi connectivity index (χ1v) is 7.17. The Bertz CT molecular complexity index is 819. The SMILES string of the molecule is Cn1c(=O)c2sc(N3CCCC3)nc2n(CC#N)c1=O. The molecule has 104 valence electrons. The Balaban J connectivity index is 2.29. The lowest BCUT2D eigenvalue weighted by Gasteiger charge is -2.11. The van der Waals surface area contributed by atoms with E-state index in [2.05, 4.69) is 9.88 Å². The van der Waals surface area contributed by atoms with Crippen molar-refractivity contribution in [3.63, 3.8) is 0 Å². The molecule has 0 saturated carbocycles. The van der Waals surface area contributed by atoms with Gasteiger partial charge in [0.1, 0.15) is 11.2 Å². The van der Waals surface area contributed by atoms with Gasteiger partial charge in [-0.1, -0.05) is 11.3 Å². The molecule has 0 aromatic carbocycles. The molecule has 1 aliphatic heterocycles. The quantitative estimate of drug-likeness (QED) is 0.793. The minimum atomic E-state index is -0.498. The Morgan fingerprint density at radius 3 is 2.70 bits per heavy atom. The maximum atomic E-state index is 12.2. The van der Waals surface area contributed by atoms with E-state index in [1.54, 1.807) is 0 Å². The molecule has 0 bridgehead atoms. The highest BCUT2D eigenvalue weighted by atomic mass is 32.1. The Labute approximate surface area is 118 Å². The molecule has 8 heteroatoms. The van der Waals surface area contributed by atoms with Crippen molar-refractivity contribution in [3.8, 4) is 6.07 Å². The summed E-state index contributed by atoms with van der Waals surface area (Å²) in [5, 5.41) is 9.61. The number of nitriles is 1. The van der Waals surface area contributed by atoms with E-state index in [-0.39, 0.29) is 12.1 Å². The van der Waals surface area contributed by atoms with Gasteiger partial charge in [0.15, 0.2) is 10.8 Å². The van der Waals surface area contributed by atoms with E-state index in [0.717, 1.165) is 35.6 Å². The fourth-order valence-corrected chi connectivity index (χ4v) is 3.49. The molecule has 3 rings (SSSR count). The fraction of sp³-hybridized carbons (Fsp3) is 0.500. The average Bonchev–Trinajstić information content (AvgIpc) is 3.09. The normalized spacial score (nSPS) is 14.9. The van der Waals surface area contributed by atoms with Crippen LogP contribution in [0.25, 0.3) is 10.3 Å². The molecule has 1 aliphatic rings. The molecule has 0 N–H and O–H groups in total. The van der Waals surface area contributed by atoms with Crippen molar-refractivity contribution in [2.45, 2.75) is 19.4 Å². The van der Waals surface area contributed by atoms with Gasteiger partial charge in [-0.2, -0.15) is 5.26 Å². The van der Waals surface area contributed by atoms with E-state index >= 15 is 0 Å². The molecule has 0 aliphatic carbocycles. The minimum Gasteiger partial charge on any atom is -0.348 e. The Morgan fingerprint density at radius 1 is 1.35 bits per heavy atom. The Morgan fingerprint density at radius 2 is 2.05 bits per heavy atom. The number of anilines is 1. The number of aromatic nitrogens is 3. The van der Waals surface area contributed by atoms with Crippen molar-refractivity contribution in [1.82, 2.24) is 14.1 Å². The van der Waals surface area contributed by atoms with E-state index in [9.17, 15) is 9.59 Å². The van der Waals surface area contributed by atoms with Crippen LogP contribution in [0.3, 0.4) is 0 Å². The van der Waals surface area contributed by atoms with E-state index in [0.29, 0.717) is 10.3 Å². The molecule has 7 nitrogen and oxygen atoms in total. The number of fused-ring (bicyclic) bond motifs is 1. The summed E-state index contributed by atoms with van der Waals surface area (Å²) in [6.45, 7) is 1.73. The Kier molecular flexibility index (Phi) is 3.06. The summed E-state index contributed by atoms with van der Waals surface area (Å²) < 4.78 is 2.72. The zero-order valence-electron chi connectivity index (χ0n) is 11.0. The van der Waals surface area contributed by atoms with Gasteiger partial charge >= 0.3 is 5.69 Å². The summed E-state index contributed by atoms with van der Waals surface area (Å²) in [5.74, 6) is 0. The second-order valence-corrected chi connectivity index (χ2v) is 5.71. The molecule has 3 heterocycles. The smallest absolute Gasteiger partial charge is 0.333 e. The van der Waals surface area contributed by atoms with Crippen LogP contribution in [0.4, 0.5) is 5.13 Å². The predicted octanol–water partition coefficient (Wildman–Crippen LogP) is 0.280. The van der Waals surface area contributed by atoms with Gasteiger partial charge in [0.05, 0.1) is 6.07 Å². The molecular formula is C12H13N5O2S. The highest BCUT2D eigenvalue weighted by Gasteiger charge is 2.20. The minimum absolute atomic E-state index is 0.105. The largest absolute Gasteiger partial charge is 0.348 e. The van der Waals surface area contributed by atoms with Crippen LogP contribution in [0, 0.1) is 11.3 Å². The zero-order chi connectivity index (χ0) is 14.3. The zero-order valence-corrected chi connectivity index (χ0v) is 11.8. The summed E-state index contributed by atoms with van der Waals surface area (Å²) in [6, 6.07) is 1.94. The number of hydrogen-bond donors (Lipinski definition) is 0. The summed E-state index contributed by atoms with van der Waals surface area (Å²) in [6.07, 6.45) is 2.22. The maximum Gasteiger partial charge on any atom is 0.333 e. The summed E-state index contributed by atoms with van der Waals surface area (Å²) in [4.78, 5) is 30.7. The topological polar surface area (TPSA) is 83.9 Å². The van der Waals surface area contributed by atoms with Crippen LogP contribution in [0.5, 0.6) is 0 Å². The van der Waals surface area contributed by atoms with Crippen LogP contribution in [0.2, 0.25) is 0 Å². The first kappa shape index (κ1) is 12.9. The molecule has 0 amide bonds. The lowest BCUT2D eigenvalue weighted by molar-refractivity contribution is 0.683. The number of rotatable bonds is 2. The van der Waals surface area contributed by atoms with Gasteiger partial charge in [-0.05, 0) is 12.8 Å². The number of hydrogen-bond acceptors (Lipinski definition) is 6. The highest BCUT2D eigenvalue weighted by molar-refractivity contribution is 7.22. The van der Waals surface area contributed by atoms with Crippen LogP contribution < -0.4 is 16.1 Å². The molecule has 2 aromatic rings. The van der Waals surface area contributed by atoms with E-state index in [4.69, 9.17) is 5.26 Å². The van der Waals surface area contributed by atoms with Crippen LogP contribution in [-0.4, -0.2) is 27.2 Å². The fourth-order valence-electron chi connectivity index (χ4n) is 2.39. The standard InChI is InChI=1S/C12H13N5O2S/c1-15-10(18)8-9(17(7-4-13)12(15)19)14-11(20-8)16-5-2-3-6-16/h2-3,5-7H2,1H3. The first-order chi connectivity index (χ1) is 9.63. The van der Waals surface area contributed by atoms with Gasteiger partial charge in [0, 0.05) is 20.1 Å². The molecule has 2 aromatic heterocycles. The van der Waals surface area contributed by atoms with Crippen LogP contribution in [0.15, 0.2) is 9.59 Å². The van der Waals surface area contributed by atoms with Crippen molar-refractivity contribution in [3.05, 3.63) is 20.8 Å². The summed E-state index contributed by atoms with van der Waals surface area (Å²) >= 11 is 1.30. The van der Waals surface area contributed by atoms with Crippen molar-refractivity contribution in [1.29, 1.82) is 5.26 Å². The van der Waals surface area contributed by atoms with Crippen LogP contribution >= 0.6 is 11.3 Å². The van der Waals surface area contributed by atoms with Crippen LogP contribution in [-0.2, 0) is 13.6 Å². The van der Waals surface area contributed by atoms with Crippen molar-refractivity contribution in [2.24, 2.45) is 7.05 Å². The third-order valence-electron chi connectivity index (χ3n) is 3.48. The summed E-state index contributed by atoms with van der Waals surface area (Å²) in [7, 11) is 1.42. The molecule has 0 atom stereocenters. The van der Waals surface area contributed by atoms with Crippen molar-refractivity contribution < 1.29 is 0 Å². The van der Waals surface area contributed by atoms with E-state index < -0.39 is 5.69 Å². The highest BCUT2D eigenvalue weighted by Crippen LogP contribution is 2.28. The molecule has 1 fully saturated rings. The number of thiazole rings is 1. The molecular weight excluding hydrogens is 278 g/mol. The van der Waals surface area contributed by atoms with Gasteiger partial charge in [0.2, 0.25) is 0 Å². The van der Waals surface area contributed by atoms with Crippen molar-refractivity contribution in [2.75, 3.05) is 18.0 Å². The lowest BCUT2D eigenvalue weighted by Crippen LogP contribution is -2.37. The monoisotopic (exact) mass is 291 g/mol. The third kappa shape index (κ3) is 1.82. The third-order valence-corrected chi connectivity index (χ3v) is 4.57. The van der Waals surface area contributed by atoms with Gasteiger partial charge in [-0.25, -0.2) is 9.78 Å². The molecule has 0 spiro atoms. The second kappa shape index (κ2) is 4.76. The number of nitrogens with zero attached hydrogens (tertiary/aromatic N) is 5. The maximum absolute atomic E-state index is 12.2. The molecule has 0 radical (unpaired) electrons. The summed E-state index contributed by atoms with van der Waals surface area (Å²) in [5.41, 5.74) is -0.518. The Hall–Kier alpha value is -2.14. The predicted molar refractivity (Wildman–Crippen MR) is 76.2 cm³/mol. The van der Waals surface area contributed by atoms with Gasteiger partial charge in [0.25, 0.3) is 5.56 Å². The van der Waals surface area contributed by atoms with E-state index in [1.807, 2.05) is 6.07 Å². The van der Waals surface area contributed by atoms with Gasteiger partial charge in [-0.3, -0.25) is 13.9 Å². The average molecular weight is 291 g/mol. The lowest BCUT2D eigenvalue weighted by atomic mass is 10.4. The second-order valence-electron chi connectivity index (χ2n) is 4.73. The van der Waals surface area contributed by atoms with Gasteiger partial charge in [-0.15, -0.1) is 0 Å². The first-order valence-electron chi connectivity index (χ1n) is 6.35. The molecule has 0 unspecified atom stereocenters. The molecule has 20 heavy (non-hydrogen) atoms. The van der Waals surface area contributed by atoms with Gasteiger partial charge < -0.3 is 4.90 Å². The van der Waals surface area contributed by atoms with Crippen molar-refractivity contribution >= 4 is 26.8 Å². The van der Waals surface area contributed by atoms with Crippen LogP contribution in [0.1, 0.15) is 12.8 Å².